The Balaban J connectivity index is 1.66. The van der Waals surface area contributed by atoms with Gasteiger partial charge in [0.15, 0.2) is 5.82 Å². The van der Waals surface area contributed by atoms with Crippen molar-refractivity contribution in [3.8, 4) is 11.5 Å². The summed E-state index contributed by atoms with van der Waals surface area (Å²) in [5.74, 6) is 1.57. The molecule has 0 aliphatic carbocycles. The lowest BCUT2D eigenvalue weighted by Gasteiger charge is -2.56. The van der Waals surface area contributed by atoms with Crippen LogP contribution in [0.15, 0.2) is 18.6 Å². The molecule has 24 heavy (non-hydrogen) atoms. The van der Waals surface area contributed by atoms with Gasteiger partial charge in [-0.2, -0.15) is 5.10 Å². The first-order valence-electron chi connectivity index (χ1n) is 8.47. The number of likely N-dealkylation sites (tertiary alicyclic amines) is 1. The SMILES string of the molecule is CN1CC2(C)CN(c3nccc(-c4ncnn4C)n3)CC(C)(C1)C2. The van der Waals surface area contributed by atoms with Crippen LogP contribution in [0.2, 0.25) is 0 Å². The zero-order valence-corrected chi connectivity index (χ0v) is 14.9. The first-order chi connectivity index (χ1) is 11.4. The number of piperidine rings is 2. The van der Waals surface area contributed by atoms with Crippen LogP contribution in [0.1, 0.15) is 20.3 Å². The molecule has 0 aromatic carbocycles. The number of aryl methyl sites for hydroxylation is 1. The van der Waals surface area contributed by atoms with E-state index in [2.05, 4.69) is 45.8 Å². The van der Waals surface area contributed by atoms with E-state index < -0.39 is 0 Å². The number of hydrogen-bond acceptors (Lipinski definition) is 6. The molecule has 2 atom stereocenters. The van der Waals surface area contributed by atoms with E-state index in [1.54, 1.807) is 11.0 Å². The Morgan fingerprint density at radius 3 is 2.33 bits per heavy atom. The molecule has 0 saturated carbocycles. The summed E-state index contributed by atoms with van der Waals surface area (Å²) >= 11 is 0. The minimum atomic E-state index is 0.282. The second-order valence-corrected chi connectivity index (χ2v) is 8.28. The molecule has 0 N–H and O–H groups in total. The second kappa shape index (κ2) is 5.24. The second-order valence-electron chi connectivity index (χ2n) is 8.28. The van der Waals surface area contributed by atoms with Gasteiger partial charge in [-0.3, -0.25) is 0 Å². The Bertz CT molecular complexity index is 737. The Labute approximate surface area is 142 Å². The average molecular weight is 327 g/mol. The van der Waals surface area contributed by atoms with E-state index in [4.69, 9.17) is 4.98 Å². The maximum Gasteiger partial charge on any atom is 0.226 e. The molecule has 0 radical (unpaired) electrons. The van der Waals surface area contributed by atoms with Gasteiger partial charge in [0.1, 0.15) is 12.0 Å². The van der Waals surface area contributed by atoms with Crippen molar-refractivity contribution in [1.82, 2.24) is 29.6 Å². The van der Waals surface area contributed by atoms with Crippen molar-refractivity contribution in [3.63, 3.8) is 0 Å². The molecule has 2 aliphatic heterocycles. The monoisotopic (exact) mass is 327 g/mol. The fourth-order valence-corrected chi connectivity index (χ4v) is 4.99. The van der Waals surface area contributed by atoms with Crippen LogP contribution in [0.25, 0.3) is 11.5 Å². The molecule has 4 heterocycles. The molecule has 4 rings (SSSR count). The summed E-state index contributed by atoms with van der Waals surface area (Å²) in [6.07, 6.45) is 4.65. The maximum absolute atomic E-state index is 4.79. The van der Waals surface area contributed by atoms with Gasteiger partial charge in [-0.15, -0.1) is 0 Å². The van der Waals surface area contributed by atoms with E-state index in [0.717, 1.165) is 43.6 Å². The molecule has 2 saturated heterocycles. The summed E-state index contributed by atoms with van der Waals surface area (Å²) < 4.78 is 1.74. The maximum atomic E-state index is 4.79. The number of rotatable bonds is 2. The largest absolute Gasteiger partial charge is 0.340 e. The van der Waals surface area contributed by atoms with Gasteiger partial charge >= 0.3 is 0 Å². The molecule has 2 unspecified atom stereocenters. The Kier molecular flexibility index (Phi) is 3.38. The average Bonchev–Trinajstić information content (AvgIpc) is 2.90. The lowest BCUT2D eigenvalue weighted by atomic mass is 9.66. The van der Waals surface area contributed by atoms with Gasteiger partial charge in [-0.1, -0.05) is 13.8 Å². The lowest BCUT2D eigenvalue weighted by molar-refractivity contribution is 0.00477. The number of anilines is 1. The predicted octanol–water partition coefficient (Wildman–Crippen LogP) is 1.44. The quantitative estimate of drug-likeness (QED) is 0.832. The van der Waals surface area contributed by atoms with Gasteiger partial charge in [-0.05, 0) is 30.4 Å². The minimum absolute atomic E-state index is 0.282. The highest BCUT2D eigenvalue weighted by Crippen LogP contribution is 2.45. The first kappa shape index (κ1) is 15.5. The summed E-state index contributed by atoms with van der Waals surface area (Å²) in [5.41, 5.74) is 1.39. The summed E-state index contributed by atoms with van der Waals surface area (Å²) in [5, 5.41) is 4.14. The van der Waals surface area contributed by atoms with Crippen molar-refractivity contribution in [3.05, 3.63) is 18.6 Å². The molecule has 2 aliphatic rings. The van der Waals surface area contributed by atoms with Crippen LogP contribution in [0, 0.1) is 10.8 Å². The molecule has 7 heteroatoms. The zero-order valence-electron chi connectivity index (χ0n) is 14.9. The third-order valence-corrected chi connectivity index (χ3v) is 5.17. The normalized spacial score (nSPS) is 30.6. The van der Waals surface area contributed by atoms with Gasteiger partial charge in [-0.25, -0.2) is 19.6 Å². The topological polar surface area (TPSA) is 63.0 Å². The summed E-state index contributed by atoms with van der Waals surface area (Å²) in [6, 6.07) is 1.90. The van der Waals surface area contributed by atoms with Gasteiger partial charge in [0.25, 0.3) is 0 Å². The lowest BCUT2D eigenvalue weighted by Crippen LogP contribution is -2.61. The zero-order chi connectivity index (χ0) is 16.9. The highest BCUT2D eigenvalue weighted by Gasteiger charge is 2.48. The summed E-state index contributed by atoms with van der Waals surface area (Å²) in [4.78, 5) is 18.5. The fourth-order valence-electron chi connectivity index (χ4n) is 4.99. The molecule has 2 bridgehead atoms. The summed E-state index contributed by atoms with van der Waals surface area (Å²) in [7, 11) is 4.11. The smallest absolute Gasteiger partial charge is 0.226 e. The first-order valence-corrected chi connectivity index (χ1v) is 8.47. The van der Waals surface area contributed by atoms with Crippen LogP contribution in [-0.2, 0) is 7.05 Å². The van der Waals surface area contributed by atoms with Crippen molar-refractivity contribution in [2.24, 2.45) is 17.9 Å². The van der Waals surface area contributed by atoms with Crippen molar-refractivity contribution in [2.45, 2.75) is 20.3 Å². The molecule has 2 aromatic rings. The van der Waals surface area contributed by atoms with E-state index >= 15 is 0 Å². The molecule has 2 fully saturated rings. The van der Waals surface area contributed by atoms with E-state index in [0.29, 0.717) is 0 Å². The Morgan fingerprint density at radius 2 is 1.71 bits per heavy atom. The standard InChI is InChI=1S/C17H25N7/c1-16-7-17(2,9-22(3)8-16)11-24(10-16)15-18-6-5-13(21-15)14-19-12-20-23(14)4/h5-6,12H,7-11H2,1-4H3. The number of hydrogen-bond donors (Lipinski definition) is 0. The van der Waals surface area contributed by atoms with E-state index in [-0.39, 0.29) is 10.8 Å². The van der Waals surface area contributed by atoms with Gasteiger partial charge in [0, 0.05) is 39.4 Å². The van der Waals surface area contributed by atoms with Crippen LogP contribution in [0.3, 0.4) is 0 Å². The van der Waals surface area contributed by atoms with Crippen LogP contribution >= 0.6 is 0 Å². The third kappa shape index (κ3) is 2.66. The third-order valence-electron chi connectivity index (χ3n) is 5.17. The molecule has 128 valence electrons. The number of aromatic nitrogens is 5. The molecular weight excluding hydrogens is 302 g/mol. The van der Waals surface area contributed by atoms with Gasteiger partial charge < -0.3 is 9.80 Å². The molecular formula is C17H25N7. The van der Waals surface area contributed by atoms with Crippen LogP contribution in [0.4, 0.5) is 5.95 Å². The fraction of sp³-hybridized carbons (Fsp3) is 0.647. The van der Waals surface area contributed by atoms with Gasteiger partial charge in [0.2, 0.25) is 5.95 Å². The molecule has 7 nitrogen and oxygen atoms in total. The highest BCUT2D eigenvalue weighted by molar-refractivity contribution is 5.51. The van der Waals surface area contributed by atoms with Crippen molar-refractivity contribution < 1.29 is 0 Å². The van der Waals surface area contributed by atoms with E-state index in [1.807, 2.05) is 19.3 Å². The van der Waals surface area contributed by atoms with Crippen molar-refractivity contribution in [1.29, 1.82) is 0 Å². The predicted molar refractivity (Wildman–Crippen MR) is 92.6 cm³/mol. The van der Waals surface area contributed by atoms with Crippen molar-refractivity contribution >= 4 is 5.95 Å². The molecule has 0 spiro atoms. The molecule has 0 amide bonds. The van der Waals surface area contributed by atoms with E-state index in [9.17, 15) is 0 Å². The molecule has 2 aromatic heterocycles. The Hall–Kier alpha value is -2.02. The van der Waals surface area contributed by atoms with Gasteiger partial charge in [0.05, 0.1) is 0 Å². The number of fused-ring (bicyclic) bond motifs is 2. The van der Waals surface area contributed by atoms with Crippen molar-refractivity contribution in [2.75, 3.05) is 38.1 Å². The highest BCUT2D eigenvalue weighted by atomic mass is 15.3. The number of nitrogens with zero attached hydrogens (tertiary/aromatic N) is 7. The van der Waals surface area contributed by atoms with E-state index in [1.165, 1.54) is 6.42 Å². The summed E-state index contributed by atoms with van der Waals surface area (Å²) in [6.45, 7) is 9.02. The Morgan fingerprint density at radius 1 is 1.00 bits per heavy atom. The van der Waals surface area contributed by atoms with Crippen LogP contribution < -0.4 is 4.90 Å². The minimum Gasteiger partial charge on any atom is -0.340 e. The van der Waals surface area contributed by atoms with Crippen LogP contribution in [-0.4, -0.2) is 62.9 Å². The van der Waals surface area contributed by atoms with Crippen LogP contribution in [0.5, 0.6) is 0 Å².